The predicted molar refractivity (Wildman–Crippen MR) is 150 cm³/mol. The van der Waals surface area contributed by atoms with Crippen LogP contribution in [-0.4, -0.2) is 44.3 Å². The molecule has 5 rings (SSSR count). The summed E-state index contributed by atoms with van der Waals surface area (Å²) in [5, 5.41) is 17.7. The van der Waals surface area contributed by atoms with Gasteiger partial charge in [-0.3, -0.25) is 15.1 Å². The third-order valence-corrected chi connectivity index (χ3v) is 6.41. The maximum absolute atomic E-state index is 13.2. The first-order valence-electron chi connectivity index (χ1n) is 12.3. The highest BCUT2D eigenvalue weighted by molar-refractivity contribution is 6.31. The third-order valence-electron chi connectivity index (χ3n) is 6.18. The number of hydrogen-bond donors (Lipinski definition) is 2. The first kappa shape index (κ1) is 26.5. The number of tetrazole rings is 1. The molecule has 11 heteroatoms. The van der Waals surface area contributed by atoms with E-state index in [1.54, 1.807) is 41.2 Å². The SMILES string of the molecule is COC(=O)Nc1ccc(C(=O)NC(Cc2ccccc2)c2ccc(-c3cc(Cl)ccc3-n3cnnn3)cn2)cc1. The number of carbonyl (C=O) groups is 2. The van der Waals surface area contributed by atoms with E-state index < -0.39 is 12.1 Å². The number of pyridine rings is 1. The zero-order valence-electron chi connectivity index (χ0n) is 21.4. The van der Waals surface area contributed by atoms with E-state index in [0.717, 1.165) is 22.4 Å². The molecule has 5 aromatic rings. The van der Waals surface area contributed by atoms with Crippen LogP contribution < -0.4 is 10.6 Å². The number of halogens is 1. The minimum Gasteiger partial charge on any atom is -0.453 e. The van der Waals surface area contributed by atoms with Gasteiger partial charge in [0, 0.05) is 33.6 Å². The molecule has 0 fully saturated rings. The number of ether oxygens (including phenoxy) is 1. The topological polar surface area (TPSA) is 124 Å². The van der Waals surface area contributed by atoms with Crippen LogP contribution in [0.4, 0.5) is 10.5 Å². The molecule has 0 aliphatic heterocycles. The Labute approximate surface area is 235 Å². The van der Waals surface area contributed by atoms with Crippen molar-refractivity contribution in [3.05, 3.63) is 119 Å². The van der Waals surface area contributed by atoms with Crippen LogP contribution in [0.25, 0.3) is 16.8 Å². The van der Waals surface area contributed by atoms with Crippen LogP contribution in [0.2, 0.25) is 5.02 Å². The summed E-state index contributed by atoms with van der Waals surface area (Å²) in [6.45, 7) is 0. The second-order valence-corrected chi connectivity index (χ2v) is 9.23. The number of rotatable bonds is 8. The lowest BCUT2D eigenvalue weighted by Crippen LogP contribution is -2.30. The summed E-state index contributed by atoms with van der Waals surface area (Å²) >= 11 is 6.30. The Morgan fingerprint density at radius 2 is 1.80 bits per heavy atom. The highest BCUT2D eigenvalue weighted by Crippen LogP contribution is 2.30. The van der Waals surface area contributed by atoms with Gasteiger partial charge in [0.2, 0.25) is 0 Å². The van der Waals surface area contributed by atoms with Gasteiger partial charge in [0.15, 0.2) is 0 Å². The Morgan fingerprint density at radius 1 is 1.00 bits per heavy atom. The molecule has 2 aromatic heterocycles. The van der Waals surface area contributed by atoms with Crippen LogP contribution >= 0.6 is 11.6 Å². The highest BCUT2D eigenvalue weighted by atomic mass is 35.5. The molecule has 10 nitrogen and oxygen atoms in total. The molecule has 3 aromatic carbocycles. The van der Waals surface area contributed by atoms with E-state index in [1.165, 1.54) is 13.4 Å². The minimum absolute atomic E-state index is 0.271. The Balaban J connectivity index is 1.41. The van der Waals surface area contributed by atoms with E-state index in [9.17, 15) is 9.59 Å². The average Bonchev–Trinajstić information content (AvgIpc) is 3.53. The maximum atomic E-state index is 13.2. The monoisotopic (exact) mass is 553 g/mol. The molecule has 0 saturated heterocycles. The van der Waals surface area contributed by atoms with E-state index in [-0.39, 0.29) is 5.91 Å². The summed E-state index contributed by atoms with van der Waals surface area (Å²) in [5.74, 6) is -0.271. The number of hydrogen-bond acceptors (Lipinski definition) is 7. The van der Waals surface area contributed by atoms with Crippen LogP contribution in [0, 0.1) is 0 Å². The highest BCUT2D eigenvalue weighted by Gasteiger charge is 2.19. The van der Waals surface area contributed by atoms with E-state index in [1.807, 2.05) is 54.6 Å². The van der Waals surface area contributed by atoms with E-state index >= 15 is 0 Å². The van der Waals surface area contributed by atoms with Crippen molar-refractivity contribution in [1.82, 2.24) is 30.5 Å². The van der Waals surface area contributed by atoms with Crippen molar-refractivity contribution in [3.63, 3.8) is 0 Å². The van der Waals surface area contributed by atoms with Gasteiger partial charge in [-0.1, -0.05) is 48.0 Å². The van der Waals surface area contributed by atoms with Crippen molar-refractivity contribution < 1.29 is 14.3 Å². The fraction of sp³-hybridized carbons (Fsp3) is 0.103. The van der Waals surface area contributed by atoms with Crippen molar-refractivity contribution in [2.24, 2.45) is 0 Å². The van der Waals surface area contributed by atoms with Crippen molar-refractivity contribution >= 4 is 29.3 Å². The molecule has 0 spiro atoms. The Morgan fingerprint density at radius 3 is 2.48 bits per heavy atom. The number of nitrogens with zero attached hydrogens (tertiary/aromatic N) is 5. The maximum Gasteiger partial charge on any atom is 0.411 e. The molecule has 2 amide bonds. The van der Waals surface area contributed by atoms with Gasteiger partial charge >= 0.3 is 6.09 Å². The summed E-state index contributed by atoms with van der Waals surface area (Å²) in [6, 6.07) is 25.3. The van der Waals surface area contributed by atoms with Crippen LogP contribution in [0.3, 0.4) is 0 Å². The van der Waals surface area contributed by atoms with Gasteiger partial charge < -0.3 is 10.1 Å². The number of nitrogens with one attached hydrogen (secondary N) is 2. The van der Waals surface area contributed by atoms with Crippen LogP contribution in [0.5, 0.6) is 0 Å². The number of carbonyl (C=O) groups excluding carboxylic acids is 2. The van der Waals surface area contributed by atoms with Gasteiger partial charge in [-0.25, -0.2) is 4.79 Å². The second-order valence-electron chi connectivity index (χ2n) is 8.80. The lowest BCUT2D eigenvalue weighted by atomic mass is 10.00. The zero-order chi connectivity index (χ0) is 27.9. The van der Waals surface area contributed by atoms with E-state index in [4.69, 9.17) is 16.6 Å². The Kier molecular flexibility index (Phi) is 8.07. The molecule has 2 N–H and O–H groups in total. The molecule has 200 valence electrons. The number of anilines is 1. The molecule has 1 atom stereocenters. The average molecular weight is 554 g/mol. The summed E-state index contributed by atoms with van der Waals surface area (Å²) in [4.78, 5) is 29.4. The molecule has 0 bridgehead atoms. The third kappa shape index (κ3) is 6.30. The largest absolute Gasteiger partial charge is 0.453 e. The van der Waals surface area contributed by atoms with Crippen molar-refractivity contribution in [2.75, 3.05) is 12.4 Å². The molecule has 0 radical (unpaired) electrons. The van der Waals surface area contributed by atoms with Gasteiger partial charge in [-0.15, -0.1) is 5.10 Å². The molecule has 40 heavy (non-hydrogen) atoms. The van der Waals surface area contributed by atoms with Gasteiger partial charge in [-0.2, -0.15) is 4.68 Å². The molecule has 0 aliphatic carbocycles. The molecular formula is C29H24ClN7O3. The predicted octanol–water partition coefficient (Wildman–Crippen LogP) is 5.27. The van der Waals surface area contributed by atoms with Gasteiger partial charge in [0.1, 0.15) is 6.33 Å². The van der Waals surface area contributed by atoms with E-state index in [0.29, 0.717) is 28.4 Å². The van der Waals surface area contributed by atoms with Crippen molar-refractivity contribution in [1.29, 1.82) is 0 Å². The minimum atomic E-state index is -0.586. The molecular weight excluding hydrogens is 530 g/mol. The first-order valence-corrected chi connectivity index (χ1v) is 12.7. The van der Waals surface area contributed by atoms with Crippen LogP contribution in [0.15, 0.2) is 97.5 Å². The van der Waals surface area contributed by atoms with Crippen LogP contribution in [-0.2, 0) is 11.2 Å². The van der Waals surface area contributed by atoms with Crippen LogP contribution in [0.1, 0.15) is 27.7 Å². The number of amides is 2. The Hall–Kier alpha value is -5.09. The number of methoxy groups -OCH3 is 1. The van der Waals surface area contributed by atoms with Gasteiger partial charge in [-0.05, 0) is 70.9 Å². The van der Waals surface area contributed by atoms with Crippen molar-refractivity contribution in [3.8, 4) is 16.8 Å². The lowest BCUT2D eigenvalue weighted by Gasteiger charge is -2.19. The lowest BCUT2D eigenvalue weighted by molar-refractivity contribution is 0.0935. The Bertz CT molecular complexity index is 1590. The number of benzene rings is 3. The second kappa shape index (κ2) is 12.2. The molecule has 0 aliphatic rings. The number of aromatic nitrogens is 5. The standard InChI is InChI=1S/C29H24ClN7O3/c1-40-29(39)33-23-11-7-20(8-12-23)28(38)34-26(15-19-5-3-2-4-6-19)25-13-9-21(17-31-25)24-16-22(30)10-14-27(24)37-18-32-35-36-37/h2-14,16-18,26H,15H2,1H3,(H,33,39)(H,34,38). The molecule has 2 heterocycles. The normalized spacial score (nSPS) is 11.4. The quantitative estimate of drug-likeness (QED) is 0.268. The zero-order valence-corrected chi connectivity index (χ0v) is 22.1. The van der Waals surface area contributed by atoms with Gasteiger partial charge in [0.05, 0.1) is 24.5 Å². The molecule has 0 saturated carbocycles. The first-order chi connectivity index (χ1) is 19.5. The summed E-state index contributed by atoms with van der Waals surface area (Å²) < 4.78 is 6.16. The van der Waals surface area contributed by atoms with E-state index in [2.05, 4.69) is 30.9 Å². The van der Waals surface area contributed by atoms with Crippen molar-refractivity contribution in [2.45, 2.75) is 12.5 Å². The smallest absolute Gasteiger partial charge is 0.411 e. The fourth-order valence-corrected chi connectivity index (χ4v) is 4.35. The fourth-order valence-electron chi connectivity index (χ4n) is 4.18. The van der Waals surface area contributed by atoms with Gasteiger partial charge in [0.25, 0.3) is 5.91 Å². The summed E-state index contributed by atoms with van der Waals surface area (Å²) in [6.07, 6.45) is 3.20. The summed E-state index contributed by atoms with van der Waals surface area (Å²) in [5.41, 5.74) is 5.07. The molecule has 1 unspecified atom stereocenters. The summed E-state index contributed by atoms with van der Waals surface area (Å²) in [7, 11) is 1.28.